The number of carbonyl (C=O) groups is 1. The van der Waals surface area contributed by atoms with Gasteiger partial charge in [0.2, 0.25) is 0 Å². The van der Waals surface area contributed by atoms with Gasteiger partial charge in [0.25, 0.3) is 0 Å². The Balaban J connectivity index is 2.31. The van der Waals surface area contributed by atoms with Crippen molar-refractivity contribution in [2.45, 2.75) is 6.42 Å². The van der Waals surface area contributed by atoms with Gasteiger partial charge >= 0.3 is 0 Å². The molecule has 0 saturated carbocycles. The van der Waals surface area contributed by atoms with Gasteiger partial charge in [0.05, 0.1) is 12.2 Å². The van der Waals surface area contributed by atoms with E-state index in [2.05, 4.69) is 0 Å². The number of hydrogen-bond donors (Lipinski definition) is 0. The molecule has 1 aliphatic heterocycles. The van der Waals surface area contributed by atoms with Crippen LogP contribution in [0.2, 0.25) is 0 Å². The Morgan fingerprint density at radius 1 is 1.29 bits per heavy atom. The first kappa shape index (κ1) is 9.12. The van der Waals surface area contributed by atoms with Crippen LogP contribution in [-0.2, 0) is 4.79 Å². The van der Waals surface area contributed by atoms with Crippen LogP contribution in [0.3, 0.4) is 0 Å². The summed E-state index contributed by atoms with van der Waals surface area (Å²) in [7, 11) is 0. The summed E-state index contributed by atoms with van der Waals surface area (Å²) >= 11 is 0. The van der Waals surface area contributed by atoms with Crippen LogP contribution in [0.25, 0.3) is 0 Å². The third-order valence-corrected chi connectivity index (χ3v) is 2.28. The molecule has 1 heterocycles. The molecular formula is C10H9F2NO. The lowest BCUT2D eigenvalue weighted by molar-refractivity contribution is -0.116. The molecule has 0 unspecified atom stereocenters. The first-order valence-electron chi connectivity index (χ1n) is 4.38. The monoisotopic (exact) mass is 197 g/mol. The lowest BCUT2D eigenvalue weighted by Gasteiger charge is -2.16. The number of Topliss-reactive ketones (excluding diaryl/α,β-unsaturated/α-hetero) is 1. The molecule has 0 N–H and O–H groups in total. The predicted molar refractivity (Wildman–Crippen MR) is 48.2 cm³/mol. The summed E-state index contributed by atoms with van der Waals surface area (Å²) in [5.41, 5.74) is 0.177. The lowest BCUT2D eigenvalue weighted by Crippen LogP contribution is -2.20. The van der Waals surface area contributed by atoms with Crippen molar-refractivity contribution < 1.29 is 13.6 Å². The molecule has 0 radical (unpaired) electrons. The maximum atomic E-state index is 13.2. The van der Waals surface area contributed by atoms with Gasteiger partial charge < -0.3 is 4.90 Å². The summed E-state index contributed by atoms with van der Waals surface area (Å²) in [6, 6.07) is 3.26. The topological polar surface area (TPSA) is 20.3 Å². The molecule has 1 aromatic carbocycles. The number of carbonyl (C=O) groups excluding carboxylic acids is 1. The van der Waals surface area contributed by atoms with Crippen molar-refractivity contribution in [1.29, 1.82) is 0 Å². The third-order valence-electron chi connectivity index (χ3n) is 2.28. The van der Waals surface area contributed by atoms with Crippen LogP contribution in [0, 0.1) is 11.6 Å². The molecule has 1 fully saturated rings. The summed E-state index contributed by atoms with van der Waals surface area (Å²) in [6.07, 6.45) is 0.413. The minimum Gasteiger partial charge on any atom is -0.361 e. The number of nitrogens with zero attached hydrogens (tertiary/aromatic N) is 1. The van der Waals surface area contributed by atoms with Crippen molar-refractivity contribution in [3.05, 3.63) is 29.8 Å². The van der Waals surface area contributed by atoms with E-state index < -0.39 is 11.6 Å². The second-order valence-corrected chi connectivity index (χ2v) is 3.31. The normalized spacial score (nSPS) is 16.4. The van der Waals surface area contributed by atoms with Crippen molar-refractivity contribution in [1.82, 2.24) is 0 Å². The van der Waals surface area contributed by atoms with E-state index in [0.717, 1.165) is 18.2 Å². The number of benzene rings is 1. The Hall–Kier alpha value is -1.45. The molecule has 2 rings (SSSR count). The van der Waals surface area contributed by atoms with Crippen LogP contribution in [-0.4, -0.2) is 18.9 Å². The highest BCUT2D eigenvalue weighted by Crippen LogP contribution is 2.23. The smallest absolute Gasteiger partial charge is 0.153 e. The van der Waals surface area contributed by atoms with Crippen molar-refractivity contribution in [3.8, 4) is 0 Å². The molecule has 1 aliphatic rings. The Labute approximate surface area is 80.1 Å². The summed E-state index contributed by atoms with van der Waals surface area (Å²) in [5.74, 6) is -0.907. The van der Waals surface area contributed by atoms with E-state index in [9.17, 15) is 13.6 Å². The zero-order chi connectivity index (χ0) is 10.1. The number of rotatable bonds is 1. The third kappa shape index (κ3) is 1.60. The second-order valence-electron chi connectivity index (χ2n) is 3.31. The molecule has 14 heavy (non-hydrogen) atoms. The number of halogens is 2. The first-order chi connectivity index (χ1) is 6.66. The highest BCUT2D eigenvalue weighted by molar-refractivity contribution is 5.87. The van der Waals surface area contributed by atoms with Crippen LogP contribution in [0.1, 0.15) is 6.42 Å². The second kappa shape index (κ2) is 3.36. The van der Waals surface area contributed by atoms with E-state index >= 15 is 0 Å². The van der Waals surface area contributed by atoms with Crippen LogP contribution < -0.4 is 4.90 Å². The standard InChI is InChI=1S/C10H9F2NO/c11-7-1-2-9(12)10(5-7)13-4-3-8(14)6-13/h1-2,5H,3-4,6H2. The number of ketones is 1. The molecule has 0 bridgehead atoms. The largest absolute Gasteiger partial charge is 0.361 e. The highest BCUT2D eigenvalue weighted by atomic mass is 19.1. The molecule has 0 spiro atoms. The van der Waals surface area contributed by atoms with Gasteiger partial charge in [0, 0.05) is 19.0 Å². The highest BCUT2D eigenvalue weighted by Gasteiger charge is 2.22. The molecule has 0 aliphatic carbocycles. The van der Waals surface area contributed by atoms with Gasteiger partial charge in [-0.3, -0.25) is 4.79 Å². The van der Waals surface area contributed by atoms with Crippen molar-refractivity contribution in [2.75, 3.05) is 18.0 Å². The van der Waals surface area contributed by atoms with Crippen LogP contribution in [0.15, 0.2) is 18.2 Å². The van der Waals surface area contributed by atoms with E-state index in [1.807, 2.05) is 0 Å². The fraction of sp³-hybridized carbons (Fsp3) is 0.300. The van der Waals surface area contributed by atoms with E-state index in [4.69, 9.17) is 0 Å². The van der Waals surface area contributed by atoms with E-state index in [-0.39, 0.29) is 18.0 Å². The van der Waals surface area contributed by atoms with E-state index in [0.29, 0.717) is 13.0 Å². The van der Waals surface area contributed by atoms with Gasteiger partial charge in [-0.1, -0.05) is 0 Å². The van der Waals surface area contributed by atoms with Crippen LogP contribution in [0.5, 0.6) is 0 Å². The van der Waals surface area contributed by atoms with Crippen molar-refractivity contribution >= 4 is 11.5 Å². The number of anilines is 1. The Morgan fingerprint density at radius 2 is 2.07 bits per heavy atom. The summed E-state index contributed by atoms with van der Waals surface area (Å²) in [6.45, 7) is 0.652. The maximum absolute atomic E-state index is 13.2. The van der Waals surface area contributed by atoms with Crippen molar-refractivity contribution in [3.63, 3.8) is 0 Å². The SMILES string of the molecule is O=C1CCN(c2cc(F)ccc2F)C1. The average molecular weight is 197 g/mol. The predicted octanol–water partition coefficient (Wildman–Crippen LogP) is 1.74. The summed E-state index contributed by atoms with van der Waals surface area (Å²) in [4.78, 5) is 12.5. The van der Waals surface area contributed by atoms with Crippen LogP contribution in [0.4, 0.5) is 14.5 Å². The minimum absolute atomic E-state index is 0.0636. The van der Waals surface area contributed by atoms with Gasteiger partial charge in [0.15, 0.2) is 5.78 Å². The van der Waals surface area contributed by atoms with E-state index in [1.54, 1.807) is 4.90 Å². The fourth-order valence-electron chi connectivity index (χ4n) is 1.56. The Kier molecular flexibility index (Phi) is 2.19. The van der Waals surface area contributed by atoms with Gasteiger partial charge in [-0.15, -0.1) is 0 Å². The fourth-order valence-corrected chi connectivity index (χ4v) is 1.56. The molecular weight excluding hydrogens is 188 g/mol. The first-order valence-corrected chi connectivity index (χ1v) is 4.38. The molecule has 0 amide bonds. The molecule has 74 valence electrons. The quantitative estimate of drug-likeness (QED) is 0.683. The zero-order valence-corrected chi connectivity index (χ0v) is 7.46. The minimum atomic E-state index is -0.485. The summed E-state index contributed by atoms with van der Waals surface area (Å²) < 4.78 is 26.0. The lowest BCUT2D eigenvalue weighted by atomic mass is 10.2. The molecule has 1 aromatic rings. The molecule has 0 atom stereocenters. The number of hydrogen-bond acceptors (Lipinski definition) is 2. The van der Waals surface area contributed by atoms with Gasteiger partial charge in [-0.25, -0.2) is 8.78 Å². The van der Waals surface area contributed by atoms with Gasteiger partial charge in [-0.05, 0) is 12.1 Å². The molecule has 4 heteroatoms. The zero-order valence-electron chi connectivity index (χ0n) is 7.46. The molecule has 1 saturated heterocycles. The van der Waals surface area contributed by atoms with Gasteiger partial charge in [0.1, 0.15) is 11.6 Å². The van der Waals surface area contributed by atoms with Gasteiger partial charge in [-0.2, -0.15) is 0 Å². The molecule has 2 nitrogen and oxygen atoms in total. The Morgan fingerprint density at radius 3 is 2.71 bits per heavy atom. The maximum Gasteiger partial charge on any atom is 0.153 e. The van der Waals surface area contributed by atoms with Crippen molar-refractivity contribution in [2.24, 2.45) is 0 Å². The average Bonchev–Trinajstić information content (AvgIpc) is 2.56. The summed E-state index contributed by atoms with van der Waals surface area (Å²) in [5, 5.41) is 0. The molecule has 0 aromatic heterocycles. The van der Waals surface area contributed by atoms with E-state index in [1.165, 1.54) is 0 Å². The van der Waals surface area contributed by atoms with Crippen LogP contribution >= 0.6 is 0 Å². The Bertz CT molecular complexity index is 378.